The molecule has 1 atom stereocenters. The van der Waals surface area contributed by atoms with Crippen LogP contribution in [0.3, 0.4) is 0 Å². The molecule has 1 fully saturated rings. The number of hydrogen-bond acceptors (Lipinski definition) is 6. The third-order valence-electron chi connectivity index (χ3n) is 6.61. The van der Waals surface area contributed by atoms with Crippen LogP contribution in [-0.2, 0) is 25.5 Å². The molecule has 7 heteroatoms. The molecule has 39 heavy (non-hydrogen) atoms. The summed E-state index contributed by atoms with van der Waals surface area (Å²) in [4.78, 5) is 40.6. The molecule has 0 aromatic heterocycles. The predicted octanol–water partition coefficient (Wildman–Crippen LogP) is 5.74. The van der Waals surface area contributed by atoms with Crippen LogP contribution in [0.25, 0.3) is 5.76 Å². The lowest BCUT2D eigenvalue weighted by atomic mass is 9.93. The number of nitrogens with zero attached hydrogens (tertiary/aromatic N) is 1. The van der Waals surface area contributed by atoms with Gasteiger partial charge in [0.2, 0.25) is 0 Å². The number of aryl methyl sites for hydroxylation is 3. The lowest BCUT2D eigenvalue weighted by molar-refractivity contribution is -0.146. The van der Waals surface area contributed by atoms with E-state index in [1.807, 2.05) is 51.1 Å². The van der Waals surface area contributed by atoms with Gasteiger partial charge in [0, 0.05) is 5.69 Å². The highest BCUT2D eigenvalue weighted by Crippen LogP contribution is 2.44. The van der Waals surface area contributed by atoms with E-state index in [1.54, 1.807) is 44.2 Å². The smallest absolute Gasteiger partial charge is 0.310 e. The van der Waals surface area contributed by atoms with Gasteiger partial charge in [-0.15, -0.1) is 0 Å². The Kier molecular flexibility index (Phi) is 7.90. The van der Waals surface area contributed by atoms with E-state index in [2.05, 4.69) is 0 Å². The van der Waals surface area contributed by atoms with Crippen molar-refractivity contribution in [2.75, 3.05) is 12.0 Å². The number of amides is 1. The molecular formula is C32H33NO6. The van der Waals surface area contributed by atoms with Gasteiger partial charge in [-0.05, 0) is 75.1 Å². The maximum atomic E-state index is 13.5. The van der Waals surface area contributed by atoms with E-state index in [0.29, 0.717) is 28.1 Å². The van der Waals surface area contributed by atoms with Gasteiger partial charge in [-0.1, -0.05) is 48.0 Å². The zero-order valence-corrected chi connectivity index (χ0v) is 23.1. The topological polar surface area (TPSA) is 93.1 Å². The highest BCUT2D eigenvalue weighted by Gasteiger charge is 2.47. The number of esters is 1. The maximum absolute atomic E-state index is 13.5. The third kappa shape index (κ3) is 5.58. The van der Waals surface area contributed by atoms with Crippen molar-refractivity contribution in [3.8, 4) is 5.75 Å². The van der Waals surface area contributed by atoms with E-state index in [4.69, 9.17) is 9.47 Å². The van der Waals surface area contributed by atoms with Crippen LogP contribution < -0.4 is 9.64 Å². The van der Waals surface area contributed by atoms with Gasteiger partial charge >= 0.3 is 5.97 Å². The zero-order valence-electron chi connectivity index (χ0n) is 23.1. The summed E-state index contributed by atoms with van der Waals surface area (Å²) in [7, 11) is 1.50. The van der Waals surface area contributed by atoms with E-state index in [0.717, 1.165) is 16.7 Å². The monoisotopic (exact) mass is 527 g/mol. The largest absolute Gasteiger partial charge is 0.507 e. The number of benzene rings is 3. The Morgan fingerprint density at radius 3 is 2.28 bits per heavy atom. The SMILES string of the molecule is COc1c(C)cc(C)cc1/C(O)=C1\C(=O)C(=O)N(c2ccc(CC(=O)OC(C)C)cc2)C1c1cccc(C)c1. The zero-order chi connectivity index (χ0) is 28.4. The molecule has 3 aromatic carbocycles. The summed E-state index contributed by atoms with van der Waals surface area (Å²) in [5, 5.41) is 11.6. The molecular weight excluding hydrogens is 494 g/mol. The molecule has 202 valence electrons. The number of methoxy groups -OCH3 is 1. The number of aliphatic hydroxyl groups is 1. The van der Waals surface area contributed by atoms with Gasteiger partial charge in [0.25, 0.3) is 11.7 Å². The Labute approximate surface area is 228 Å². The van der Waals surface area contributed by atoms with Crippen LogP contribution >= 0.6 is 0 Å². The van der Waals surface area contributed by atoms with E-state index in [9.17, 15) is 19.5 Å². The molecule has 0 bridgehead atoms. The number of anilines is 1. The quantitative estimate of drug-likeness (QED) is 0.182. The van der Waals surface area contributed by atoms with Crippen molar-refractivity contribution in [3.63, 3.8) is 0 Å². The molecule has 1 aliphatic heterocycles. The van der Waals surface area contributed by atoms with Crippen LogP contribution in [0.1, 0.15) is 53.3 Å². The van der Waals surface area contributed by atoms with Gasteiger partial charge in [-0.2, -0.15) is 0 Å². The maximum Gasteiger partial charge on any atom is 0.310 e. The number of ketones is 1. The summed E-state index contributed by atoms with van der Waals surface area (Å²) in [6, 6.07) is 17.2. The lowest BCUT2D eigenvalue weighted by Crippen LogP contribution is -2.29. The number of carbonyl (C=O) groups excluding carboxylic acids is 3. The Balaban J connectivity index is 1.85. The third-order valence-corrected chi connectivity index (χ3v) is 6.61. The Hall–Kier alpha value is -4.39. The minimum atomic E-state index is -0.868. The number of aliphatic hydroxyl groups excluding tert-OH is 1. The Bertz CT molecular complexity index is 1470. The van der Waals surface area contributed by atoms with Crippen LogP contribution in [0.15, 0.2) is 66.2 Å². The van der Waals surface area contributed by atoms with Crippen LogP contribution in [0.4, 0.5) is 5.69 Å². The van der Waals surface area contributed by atoms with Crippen LogP contribution in [-0.4, -0.2) is 36.0 Å². The fourth-order valence-electron chi connectivity index (χ4n) is 5.05. The molecule has 3 aromatic rings. The van der Waals surface area contributed by atoms with Crippen molar-refractivity contribution in [2.45, 2.75) is 53.2 Å². The van der Waals surface area contributed by atoms with Crippen LogP contribution in [0, 0.1) is 20.8 Å². The van der Waals surface area contributed by atoms with Crippen molar-refractivity contribution in [3.05, 3.63) is 99.6 Å². The molecule has 0 saturated carbocycles. The fourth-order valence-corrected chi connectivity index (χ4v) is 5.05. The number of Topliss-reactive ketones (excluding diaryl/α,β-unsaturated/α-hetero) is 1. The van der Waals surface area contributed by atoms with Gasteiger partial charge in [-0.3, -0.25) is 19.3 Å². The van der Waals surface area contributed by atoms with Gasteiger partial charge in [0.15, 0.2) is 0 Å². The lowest BCUT2D eigenvalue weighted by Gasteiger charge is -2.26. The number of hydrogen-bond donors (Lipinski definition) is 1. The molecule has 4 rings (SSSR count). The van der Waals surface area contributed by atoms with E-state index in [1.165, 1.54) is 12.0 Å². The first kappa shape index (κ1) is 27.6. The first-order chi connectivity index (χ1) is 18.5. The van der Waals surface area contributed by atoms with Gasteiger partial charge < -0.3 is 14.6 Å². The van der Waals surface area contributed by atoms with Gasteiger partial charge in [-0.25, -0.2) is 0 Å². The van der Waals surface area contributed by atoms with Crippen molar-refractivity contribution in [2.24, 2.45) is 0 Å². The fraction of sp³-hybridized carbons (Fsp3) is 0.281. The molecule has 0 spiro atoms. The first-order valence-electron chi connectivity index (χ1n) is 12.8. The van der Waals surface area contributed by atoms with E-state index < -0.39 is 17.7 Å². The first-order valence-corrected chi connectivity index (χ1v) is 12.8. The standard InChI is InChI=1S/C32H33NO6/c1-18(2)39-26(34)17-22-10-12-24(13-11-22)33-28(23-9-7-8-19(3)15-23)27(30(36)32(33)37)29(35)25-16-20(4)14-21(5)31(25)38-6/h7-16,18,28,35H,17H2,1-6H3/b29-27+. The number of ether oxygens (including phenoxy) is 2. The second-order valence-corrected chi connectivity index (χ2v) is 10.1. The summed E-state index contributed by atoms with van der Waals surface area (Å²) in [6.07, 6.45) is -0.126. The minimum Gasteiger partial charge on any atom is -0.507 e. The average molecular weight is 528 g/mol. The molecule has 1 unspecified atom stereocenters. The van der Waals surface area contributed by atoms with Crippen LogP contribution in [0.2, 0.25) is 0 Å². The van der Waals surface area contributed by atoms with Crippen molar-refractivity contribution in [1.82, 2.24) is 0 Å². The highest BCUT2D eigenvalue weighted by molar-refractivity contribution is 6.51. The van der Waals surface area contributed by atoms with Gasteiger partial charge in [0.05, 0.1) is 36.8 Å². The van der Waals surface area contributed by atoms with E-state index >= 15 is 0 Å². The van der Waals surface area contributed by atoms with E-state index in [-0.39, 0.29) is 29.8 Å². The van der Waals surface area contributed by atoms with Crippen molar-refractivity contribution >= 4 is 29.1 Å². The Morgan fingerprint density at radius 2 is 1.67 bits per heavy atom. The molecule has 1 N–H and O–H groups in total. The Morgan fingerprint density at radius 1 is 0.974 bits per heavy atom. The second-order valence-electron chi connectivity index (χ2n) is 10.1. The summed E-state index contributed by atoms with van der Waals surface area (Å²) in [5.74, 6) is -1.74. The molecule has 1 saturated heterocycles. The molecule has 1 amide bonds. The summed E-state index contributed by atoms with van der Waals surface area (Å²) < 4.78 is 10.8. The molecule has 0 radical (unpaired) electrons. The summed E-state index contributed by atoms with van der Waals surface area (Å²) >= 11 is 0. The minimum absolute atomic E-state index is 0.0153. The predicted molar refractivity (Wildman–Crippen MR) is 150 cm³/mol. The summed E-state index contributed by atoms with van der Waals surface area (Å²) in [5.41, 5.74) is 4.83. The van der Waals surface area contributed by atoms with Crippen molar-refractivity contribution < 1.29 is 29.0 Å². The van der Waals surface area contributed by atoms with Gasteiger partial charge in [0.1, 0.15) is 11.5 Å². The molecule has 0 aliphatic carbocycles. The second kappa shape index (κ2) is 11.2. The molecule has 1 aliphatic rings. The van der Waals surface area contributed by atoms with Crippen LogP contribution in [0.5, 0.6) is 5.75 Å². The average Bonchev–Trinajstić information content (AvgIpc) is 3.13. The normalized spacial score (nSPS) is 16.6. The highest BCUT2D eigenvalue weighted by atomic mass is 16.5. The number of carbonyl (C=O) groups is 3. The molecule has 7 nitrogen and oxygen atoms in total. The summed E-state index contributed by atoms with van der Waals surface area (Å²) in [6.45, 7) is 9.25. The number of rotatable bonds is 7. The van der Waals surface area contributed by atoms with Crippen molar-refractivity contribution in [1.29, 1.82) is 0 Å². The molecule has 1 heterocycles.